The predicted molar refractivity (Wildman–Crippen MR) is 173 cm³/mol. The summed E-state index contributed by atoms with van der Waals surface area (Å²) in [4.78, 5) is 22.7. The first-order valence-electron chi connectivity index (χ1n) is 15.4. The number of hydrogen-bond acceptors (Lipinski definition) is 7. The van der Waals surface area contributed by atoms with Crippen molar-refractivity contribution in [3.63, 3.8) is 0 Å². The number of ether oxygens (including phenoxy) is 1. The minimum Gasteiger partial charge on any atom is -0.460 e. The summed E-state index contributed by atoms with van der Waals surface area (Å²) >= 11 is 0. The minimum absolute atomic E-state index is 0.0528. The van der Waals surface area contributed by atoms with E-state index in [-0.39, 0.29) is 22.7 Å². The molecule has 6 rings (SSSR count). The van der Waals surface area contributed by atoms with Crippen LogP contribution in [-0.4, -0.2) is 43.4 Å². The predicted octanol–water partition coefficient (Wildman–Crippen LogP) is 6.74. The summed E-state index contributed by atoms with van der Waals surface area (Å²) in [6, 6.07) is 16.2. The van der Waals surface area contributed by atoms with Crippen LogP contribution in [-0.2, 0) is 25.2 Å². The van der Waals surface area contributed by atoms with Crippen LogP contribution in [0.4, 0.5) is 0 Å². The van der Waals surface area contributed by atoms with Gasteiger partial charge in [-0.15, -0.1) is 0 Å². The molecule has 3 heterocycles. The maximum atomic E-state index is 13.7. The van der Waals surface area contributed by atoms with Crippen LogP contribution in [0.1, 0.15) is 83.2 Å². The molecule has 1 aliphatic rings. The number of hydrogen-bond donors (Lipinski definition) is 1. The summed E-state index contributed by atoms with van der Waals surface area (Å²) in [7, 11) is -3.90. The number of fused-ring (bicyclic) bond motifs is 3. The van der Waals surface area contributed by atoms with Crippen molar-refractivity contribution in [1.82, 2.24) is 18.3 Å². The van der Waals surface area contributed by atoms with Gasteiger partial charge < -0.3 is 9.84 Å². The van der Waals surface area contributed by atoms with Crippen LogP contribution < -0.4 is 0 Å². The number of imidazole rings is 1. The molecule has 3 aromatic heterocycles. The standard InChI is InChI=1S/C35H40N4O5S/c1-22-7-15-27(16-8-22)45(42,43)38-18-17-28-33(38)36-21-29-31(24-11-13-26(14-12-24)35(5,6)41)37-32(39(28)29)25-10-9-23(19-25)20-30(40)44-34(2,3)4/h7-8,11-18,21,23,25,41H,9-10,19-20H2,1-6H3/t23-,25+/m0/s1. The fourth-order valence-corrected chi connectivity index (χ4v) is 7.59. The second-order valence-corrected chi connectivity index (χ2v) is 15.6. The Morgan fingerprint density at radius 1 is 0.978 bits per heavy atom. The molecule has 1 saturated carbocycles. The van der Waals surface area contributed by atoms with Crippen LogP contribution in [0.5, 0.6) is 0 Å². The number of esters is 1. The van der Waals surface area contributed by atoms with E-state index in [1.807, 2.05) is 56.4 Å². The lowest BCUT2D eigenvalue weighted by Gasteiger charge is -2.20. The average Bonchev–Trinajstić information content (AvgIpc) is 3.68. The van der Waals surface area contributed by atoms with Gasteiger partial charge in [0.1, 0.15) is 11.4 Å². The first-order valence-corrected chi connectivity index (χ1v) is 16.8. The fraction of sp³-hybridized carbons (Fsp3) is 0.400. The van der Waals surface area contributed by atoms with E-state index in [1.165, 1.54) is 3.97 Å². The van der Waals surface area contributed by atoms with E-state index < -0.39 is 21.2 Å². The largest absolute Gasteiger partial charge is 0.460 e. The number of aliphatic hydroxyl groups is 1. The molecule has 10 heteroatoms. The summed E-state index contributed by atoms with van der Waals surface area (Å²) in [5, 5.41) is 10.5. The van der Waals surface area contributed by atoms with Crippen LogP contribution in [0, 0.1) is 12.8 Å². The highest BCUT2D eigenvalue weighted by Gasteiger charge is 2.33. The van der Waals surface area contributed by atoms with Crippen molar-refractivity contribution >= 4 is 32.7 Å². The zero-order valence-electron chi connectivity index (χ0n) is 26.6. The smallest absolute Gasteiger partial charge is 0.306 e. The monoisotopic (exact) mass is 628 g/mol. The Kier molecular flexibility index (Phi) is 7.64. The van der Waals surface area contributed by atoms with Gasteiger partial charge in [0.15, 0.2) is 5.65 Å². The van der Waals surface area contributed by atoms with Crippen molar-refractivity contribution in [2.75, 3.05) is 0 Å². The third kappa shape index (κ3) is 6.01. The summed E-state index contributed by atoms with van der Waals surface area (Å²) in [5.74, 6) is 0.836. The molecular weight excluding hydrogens is 588 g/mol. The second kappa shape index (κ2) is 11.1. The third-order valence-corrected chi connectivity index (χ3v) is 10.2. The highest BCUT2D eigenvalue weighted by Crippen LogP contribution is 2.42. The normalized spacial score (nSPS) is 17.8. The van der Waals surface area contributed by atoms with Crippen molar-refractivity contribution < 1.29 is 23.1 Å². The zero-order valence-corrected chi connectivity index (χ0v) is 27.4. The van der Waals surface area contributed by atoms with E-state index in [2.05, 4.69) is 4.98 Å². The van der Waals surface area contributed by atoms with E-state index in [0.717, 1.165) is 53.0 Å². The van der Waals surface area contributed by atoms with Crippen LogP contribution in [0.2, 0.25) is 0 Å². The van der Waals surface area contributed by atoms with Crippen molar-refractivity contribution in [2.45, 2.75) is 89.2 Å². The van der Waals surface area contributed by atoms with Gasteiger partial charge in [-0.3, -0.25) is 9.20 Å². The molecule has 5 aromatic rings. The Hall–Kier alpha value is -4.02. The maximum absolute atomic E-state index is 13.7. The van der Waals surface area contributed by atoms with Crippen LogP contribution in [0.25, 0.3) is 27.9 Å². The Labute approximate surface area is 264 Å². The van der Waals surface area contributed by atoms with Gasteiger partial charge in [0.25, 0.3) is 10.0 Å². The quantitative estimate of drug-likeness (QED) is 0.199. The van der Waals surface area contributed by atoms with Gasteiger partial charge in [-0.25, -0.2) is 22.4 Å². The molecule has 0 unspecified atom stereocenters. The molecule has 1 aliphatic carbocycles. The molecule has 2 atom stereocenters. The van der Waals surface area contributed by atoms with Gasteiger partial charge in [0, 0.05) is 24.1 Å². The van der Waals surface area contributed by atoms with E-state index in [9.17, 15) is 18.3 Å². The van der Waals surface area contributed by atoms with Crippen LogP contribution in [0.15, 0.2) is 71.9 Å². The van der Waals surface area contributed by atoms with Gasteiger partial charge in [-0.1, -0.05) is 42.0 Å². The molecule has 9 nitrogen and oxygen atoms in total. The zero-order chi connectivity index (χ0) is 32.3. The molecule has 0 bridgehead atoms. The highest BCUT2D eigenvalue weighted by molar-refractivity contribution is 7.90. The van der Waals surface area contributed by atoms with Gasteiger partial charge >= 0.3 is 5.97 Å². The number of benzene rings is 2. The molecule has 45 heavy (non-hydrogen) atoms. The Bertz CT molecular complexity index is 1990. The number of rotatable bonds is 7. The van der Waals surface area contributed by atoms with Crippen molar-refractivity contribution in [3.05, 3.63) is 83.9 Å². The Balaban J connectivity index is 1.46. The first-order chi connectivity index (χ1) is 21.1. The number of aromatic nitrogens is 4. The van der Waals surface area contributed by atoms with Crippen LogP contribution in [0.3, 0.4) is 0 Å². The van der Waals surface area contributed by atoms with Crippen molar-refractivity contribution in [3.8, 4) is 11.3 Å². The Morgan fingerprint density at radius 2 is 1.67 bits per heavy atom. The molecule has 0 radical (unpaired) electrons. The summed E-state index contributed by atoms with van der Waals surface area (Å²) in [6.45, 7) is 11.0. The molecule has 0 aliphatic heterocycles. The average molecular weight is 629 g/mol. The number of aryl methyl sites for hydroxylation is 1. The van der Waals surface area contributed by atoms with E-state index in [0.29, 0.717) is 17.6 Å². The third-order valence-electron chi connectivity index (χ3n) is 8.52. The van der Waals surface area contributed by atoms with E-state index >= 15 is 0 Å². The lowest BCUT2D eigenvalue weighted by molar-refractivity contribution is -0.155. The molecule has 236 valence electrons. The lowest BCUT2D eigenvalue weighted by atomic mass is 9.97. The van der Waals surface area contributed by atoms with Crippen molar-refractivity contribution in [2.24, 2.45) is 5.92 Å². The SMILES string of the molecule is Cc1ccc(S(=O)(=O)n2ccc3c2ncc2c(-c4ccc(C(C)(C)O)cc4)nc([C@@H]4CC[C@H](CC(=O)OC(C)(C)C)C4)n23)cc1. The highest BCUT2D eigenvalue weighted by atomic mass is 32.2. The summed E-state index contributed by atoms with van der Waals surface area (Å²) < 4.78 is 36.3. The number of carbonyl (C=O) groups excluding carboxylic acids is 1. The minimum atomic E-state index is -3.90. The lowest BCUT2D eigenvalue weighted by Crippen LogP contribution is -2.24. The molecule has 0 amide bonds. The number of nitrogens with zero attached hydrogens (tertiary/aromatic N) is 4. The molecule has 0 spiro atoms. The molecule has 1 fully saturated rings. The van der Waals surface area contributed by atoms with E-state index in [4.69, 9.17) is 9.72 Å². The van der Waals surface area contributed by atoms with Gasteiger partial charge in [0.05, 0.1) is 33.4 Å². The second-order valence-electron chi connectivity index (χ2n) is 13.7. The Morgan fingerprint density at radius 3 is 2.31 bits per heavy atom. The van der Waals surface area contributed by atoms with Crippen molar-refractivity contribution in [1.29, 1.82) is 0 Å². The summed E-state index contributed by atoms with van der Waals surface area (Å²) in [5.41, 5.74) is 3.55. The molecule has 1 N–H and O–H groups in total. The molecule has 2 aromatic carbocycles. The van der Waals surface area contributed by atoms with Crippen LogP contribution >= 0.6 is 0 Å². The maximum Gasteiger partial charge on any atom is 0.306 e. The fourth-order valence-electron chi connectivity index (χ4n) is 6.29. The van der Waals surface area contributed by atoms with Gasteiger partial charge in [-0.2, -0.15) is 0 Å². The number of carbonyl (C=O) groups is 1. The molecule has 0 saturated heterocycles. The van der Waals surface area contributed by atoms with Gasteiger partial charge in [-0.05, 0) is 90.5 Å². The summed E-state index contributed by atoms with van der Waals surface area (Å²) in [6.07, 6.45) is 6.06. The van der Waals surface area contributed by atoms with Gasteiger partial charge in [0.2, 0.25) is 0 Å². The molecular formula is C35H40N4O5S. The van der Waals surface area contributed by atoms with E-state index in [1.54, 1.807) is 56.6 Å². The first kappa shape index (κ1) is 31.0. The topological polar surface area (TPSA) is 116 Å².